The number of fused-ring (bicyclic) bond motifs is 1. The van der Waals surface area contributed by atoms with Gasteiger partial charge in [-0.25, -0.2) is 4.79 Å². The van der Waals surface area contributed by atoms with Crippen LogP contribution in [-0.4, -0.2) is 63.9 Å². The fourth-order valence-electron chi connectivity index (χ4n) is 4.52. The Bertz CT molecular complexity index is 1210. The number of nitrogens with zero attached hydrogens (tertiary/aromatic N) is 5. The molecule has 1 aromatic rings. The molecule has 0 aromatic heterocycles. The van der Waals surface area contributed by atoms with Crippen molar-refractivity contribution in [1.29, 1.82) is 0 Å². The van der Waals surface area contributed by atoms with Crippen LogP contribution in [0.2, 0.25) is 0 Å². The number of azide groups is 1. The highest BCUT2D eigenvalue weighted by Gasteiger charge is 2.39. The van der Waals surface area contributed by atoms with Crippen LogP contribution in [0.5, 0.6) is 0 Å². The molecular weight excluding hydrogens is 464 g/mol. The smallest absolute Gasteiger partial charge is 0.411 e. The van der Waals surface area contributed by atoms with Crippen molar-refractivity contribution in [1.82, 2.24) is 15.1 Å². The van der Waals surface area contributed by atoms with E-state index in [2.05, 4.69) is 27.2 Å². The lowest BCUT2D eigenvalue weighted by Gasteiger charge is -2.40. The van der Waals surface area contributed by atoms with Gasteiger partial charge in [-0.15, -0.1) is 0 Å². The van der Waals surface area contributed by atoms with Gasteiger partial charge in [0.15, 0.2) is 0 Å². The first-order valence-electron chi connectivity index (χ1n) is 11.9. The van der Waals surface area contributed by atoms with Gasteiger partial charge in [0.1, 0.15) is 11.6 Å². The molecule has 36 heavy (non-hydrogen) atoms. The number of hydrogen-bond acceptors (Lipinski definition) is 6. The maximum Gasteiger partial charge on any atom is 0.411 e. The van der Waals surface area contributed by atoms with Crippen LogP contribution >= 0.6 is 0 Å². The highest BCUT2D eigenvalue weighted by molar-refractivity contribution is 6.05. The zero-order chi connectivity index (χ0) is 26.0. The van der Waals surface area contributed by atoms with E-state index in [1.165, 1.54) is 4.90 Å². The Kier molecular flexibility index (Phi) is 6.91. The predicted octanol–water partition coefficient (Wildman–Crippen LogP) is 2.88. The van der Waals surface area contributed by atoms with E-state index in [1.807, 2.05) is 6.07 Å². The van der Waals surface area contributed by atoms with Crippen molar-refractivity contribution in [2.45, 2.75) is 76.7 Å². The van der Waals surface area contributed by atoms with E-state index in [0.717, 1.165) is 5.56 Å². The number of piperidine rings is 1. The van der Waals surface area contributed by atoms with Gasteiger partial charge in [-0.2, -0.15) is 0 Å². The Morgan fingerprint density at radius 2 is 2.06 bits per heavy atom. The molecule has 3 aliphatic rings. The lowest BCUT2D eigenvalue weighted by atomic mass is 9.86. The Morgan fingerprint density at radius 1 is 1.31 bits per heavy atom. The van der Waals surface area contributed by atoms with E-state index >= 15 is 0 Å². The fraction of sp³-hybridized carbons (Fsp3) is 0.520. The minimum absolute atomic E-state index is 0.121. The van der Waals surface area contributed by atoms with Crippen molar-refractivity contribution < 1.29 is 23.9 Å². The molecule has 1 aromatic carbocycles. The van der Waals surface area contributed by atoms with Crippen molar-refractivity contribution in [3.05, 3.63) is 45.3 Å². The number of carbonyl (C=O) groups is 4. The summed E-state index contributed by atoms with van der Waals surface area (Å²) in [5.41, 5.74) is 9.92. The van der Waals surface area contributed by atoms with Crippen LogP contribution in [0.25, 0.3) is 10.4 Å². The third kappa shape index (κ3) is 5.44. The van der Waals surface area contributed by atoms with Crippen LogP contribution in [0, 0.1) is 11.8 Å². The summed E-state index contributed by atoms with van der Waals surface area (Å²) in [6.07, 6.45) is 1.15. The molecule has 1 N–H and O–H groups in total. The van der Waals surface area contributed by atoms with E-state index in [0.29, 0.717) is 30.4 Å². The van der Waals surface area contributed by atoms with E-state index in [-0.39, 0.29) is 43.4 Å². The molecule has 0 bridgehead atoms. The largest absolute Gasteiger partial charge is 0.444 e. The lowest BCUT2D eigenvalue weighted by Crippen LogP contribution is -2.52. The molecule has 188 valence electrons. The number of rotatable bonds is 4. The molecule has 11 nitrogen and oxygen atoms in total. The average Bonchev–Trinajstić information content (AvgIpc) is 3.08. The van der Waals surface area contributed by atoms with Gasteiger partial charge in [0.2, 0.25) is 11.8 Å². The number of benzene rings is 1. The molecule has 11 heteroatoms. The Hall–Kier alpha value is -4.03. The van der Waals surface area contributed by atoms with Crippen molar-refractivity contribution in [2.24, 2.45) is 5.11 Å². The number of imide groups is 1. The Labute approximate surface area is 208 Å². The summed E-state index contributed by atoms with van der Waals surface area (Å²) in [5, 5.41) is 6.00. The predicted molar refractivity (Wildman–Crippen MR) is 128 cm³/mol. The minimum Gasteiger partial charge on any atom is -0.444 e. The number of ether oxygens (including phenoxy) is 1. The van der Waals surface area contributed by atoms with Gasteiger partial charge in [-0.1, -0.05) is 17.0 Å². The van der Waals surface area contributed by atoms with Crippen molar-refractivity contribution >= 4 is 23.8 Å². The zero-order valence-electron chi connectivity index (χ0n) is 20.5. The second-order valence-corrected chi connectivity index (χ2v) is 10.2. The zero-order valence-corrected chi connectivity index (χ0v) is 20.5. The van der Waals surface area contributed by atoms with Gasteiger partial charge in [-0.05, 0) is 69.3 Å². The Balaban J connectivity index is 1.45. The molecule has 1 aliphatic carbocycles. The van der Waals surface area contributed by atoms with Crippen LogP contribution in [-0.2, 0) is 20.9 Å². The first-order valence-corrected chi connectivity index (χ1v) is 11.9. The van der Waals surface area contributed by atoms with Crippen molar-refractivity contribution in [3.8, 4) is 11.8 Å². The molecule has 2 fully saturated rings. The van der Waals surface area contributed by atoms with Crippen molar-refractivity contribution in [3.63, 3.8) is 0 Å². The van der Waals surface area contributed by atoms with E-state index in [1.54, 1.807) is 37.8 Å². The maximum atomic E-state index is 12.9. The normalized spacial score (nSPS) is 22.9. The number of carbonyl (C=O) groups excluding carboxylic acids is 4. The third-order valence-electron chi connectivity index (χ3n) is 6.38. The van der Waals surface area contributed by atoms with Crippen LogP contribution in [0.15, 0.2) is 23.3 Å². The summed E-state index contributed by atoms with van der Waals surface area (Å²) in [4.78, 5) is 55.2. The first-order chi connectivity index (χ1) is 17.1. The molecule has 0 spiro atoms. The maximum absolute atomic E-state index is 12.9. The average molecular weight is 493 g/mol. The number of hydrogen-bond donors (Lipinski definition) is 1. The van der Waals surface area contributed by atoms with Crippen LogP contribution < -0.4 is 5.32 Å². The SMILES string of the molecule is CC(C)(C)OC(=O)N(CC#Cc1ccc2c(c1)CN(C1CCC(=O)NC1=O)C2=O)C1CC(N=[N+]=[N-])C1. The standard InChI is InChI=1S/C25H28N6O5/c1-25(2,3)36-24(35)30(18-12-17(13-18)28-29-26)10-4-5-15-6-7-19-16(11-15)14-31(23(19)34)20-8-9-21(32)27-22(20)33/h6-7,11,17-18,20H,8-10,12-14H2,1-3H3,(H,27,32,33). The molecule has 1 saturated carbocycles. The molecule has 4 rings (SSSR count). The first kappa shape index (κ1) is 25.1. The third-order valence-corrected chi connectivity index (χ3v) is 6.38. The summed E-state index contributed by atoms with van der Waals surface area (Å²) in [5.74, 6) is 5.06. The number of amides is 4. The Morgan fingerprint density at radius 3 is 2.72 bits per heavy atom. The van der Waals surface area contributed by atoms with Gasteiger partial charge >= 0.3 is 6.09 Å². The van der Waals surface area contributed by atoms with E-state index in [9.17, 15) is 19.2 Å². The van der Waals surface area contributed by atoms with Gasteiger partial charge < -0.3 is 9.64 Å². The highest BCUT2D eigenvalue weighted by Crippen LogP contribution is 2.30. The quantitative estimate of drug-likeness (QED) is 0.226. The molecule has 1 saturated heterocycles. The summed E-state index contributed by atoms with van der Waals surface area (Å²) >= 11 is 0. The van der Waals surface area contributed by atoms with Crippen LogP contribution in [0.4, 0.5) is 4.79 Å². The molecule has 4 amide bonds. The van der Waals surface area contributed by atoms with Gasteiger partial charge in [0.25, 0.3) is 5.91 Å². The fourth-order valence-corrected chi connectivity index (χ4v) is 4.52. The highest BCUT2D eigenvalue weighted by atomic mass is 16.6. The van der Waals surface area contributed by atoms with E-state index in [4.69, 9.17) is 10.3 Å². The van der Waals surface area contributed by atoms with Crippen LogP contribution in [0.3, 0.4) is 0 Å². The second-order valence-electron chi connectivity index (χ2n) is 10.2. The molecule has 0 radical (unpaired) electrons. The van der Waals surface area contributed by atoms with Crippen molar-refractivity contribution in [2.75, 3.05) is 6.54 Å². The van der Waals surface area contributed by atoms with Crippen LogP contribution in [0.1, 0.15) is 67.9 Å². The van der Waals surface area contributed by atoms with E-state index < -0.39 is 23.6 Å². The molecule has 2 aliphatic heterocycles. The molecule has 2 heterocycles. The summed E-state index contributed by atoms with van der Waals surface area (Å²) in [6, 6.07) is 4.30. The van der Waals surface area contributed by atoms with Gasteiger partial charge in [0, 0.05) is 41.1 Å². The summed E-state index contributed by atoms with van der Waals surface area (Å²) in [7, 11) is 0. The minimum atomic E-state index is -0.670. The van der Waals surface area contributed by atoms with Gasteiger partial charge in [-0.3, -0.25) is 24.6 Å². The monoisotopic (exact) mass is 492 g/mol. The number of nitrogens with one attached hydrogen (secondary N) is 1. The molecular formula is C25H28N6O5. The van der Waals surface area contributed by atoms with Gasteiger partial charge in [0.05, 0.1) is 6.54 Å². The topological polar surface area (TPSA) is 145 Å². The lowest BCUT2D eigenvalue weighted by molar-refractivity contribution is -0.136. The second kappa shape index (κ2) is 9.91. The molecule has 1 unspecified atom stereocenters. The molecule has 1 atom stereocenters. The summed E-state index contributed by atoms with van der Waals surface area (Å²) in [6.45, 7) is 5.79. The summed E-state index contributed by atoms with van der Waals surface area (Å²) < 4.78 is 5.53.